The second-order valence-corrected chi connectivity index (χ2v) is 5.50. The zero-order valence-corrected chi connectivity index (χ0v) is 13.2. The van der Waals surface area contributed by atoms with E-state index >= 15 is 0 Å². The molecule has 1 aromatic heterocycles. The Labute approximate surface area is 133 Å². The molecule has 0 fully saturated rings. The Hall–Kier alpha value is -2.70. The monoisotopic (exact) mass is 319 g/mol. The van der Waals surface area contributed by atoms with E-state index < -0.39 is 11.9 Å². The molecule has 0 saturated heterocycles. The molecule has 6 nitrogen and oxygen atoms in total. The van der Waals surface area contributed by atoms with Crippen LogP contribution in [-0.2, 0) is 4.79 Å². The number of amides is 1. The Morgan fingerprint density at radius 2 is 1.91 bits per heavy atom. The third-order valence-corrected chi connectivity index (χ3v) is 3.38. The van der Waals surface area contributed by atoms with Gasteiger partial charge in [0.15, 0.2) is 5.69 Å². The van der Waals surface area contributed by atoms with Crippen LogP contribution in [0.4, 0.5) is 4.39 Å². The minimum atomic E-state index is -1.08. The molecule has 1 amide bonds. The van der Waals surface area contributed by atoms with Crippen molar-refractivity contribution in [2.75, 3.05) is 6.54 Å². The van der Waals surface area contributed by atoms with E-state index in [0.717, 1.165) is 0 Å². The molecule has 23 heavy (non-hydrogen) atoms. The third kappa shape index (κ3) is 3.74. The van der Waals surface area contributed by atoms with Gasteiger partial charge in [0.25, 0.3) is 5.91 Å². The van der Waals surface area contributed by atoms with E-state index in [0.29, 0.717) is 11.3 Å². The van der Waals surface area contributed by atoms with Gasteiger partial charge in [0.1, 0.15) is 12.4 Å². The van der Waals surface area contributed by atoms with Crippen molar-refractivity contribution in [3.8, 4) is 5.69 Å². The van der Waals surface area contributed by atoms with Crippen LogP contribution in [0.2, 0.25) is 0 Å². The molecule has 0 aliphatic carbocycles. The topological polar surface area (TPSA) is 75.4 Å². The van der Waals surface area contributed by atoms with E-state index in [-0.39, 0.29) is 24.1 Å². The third-order valence-electron chi connectivity index (χ3n) is 3.38. The van der Waals surface area contributed by atoms with Gasteiger partial charge in [-0.2, -0.15) is 5.10 Å². The number of aromatic nitrogens is 2. The van der Waals surface area contributed by atoms with E-state index in [1.54, 1.807) is 39.1 Å². The maximum Gasteiger partial charge on any atom is 0.323 e. The second-order valence-electron chi connectivity index (χ2n) is 5.50. The lowest BCUT2D eigenvalue weighted by Crippen LogP contribution is -2.41. The molecule has 122 valence electrons. The SMILES string of the molecule is Cc1cn(-c2ccc(F)cc2)nc1C(=O)N(CC(=O)O)C(C)C. The number of aliphatic carboxylic acids is 1. The molecule has 1 N–H and O–H groups in total. The van der Waals surface area contributed by atoms with Crippen LogP contribution in [0.5, 0.6) is 0 Å². The van der Waals surface area contributed by atoms with Crippen LogP contribution in [0.3, 0.4) is 0 Å². The highest BCUT2D eigenvalue weighted by atomic mass is 19.1. The van der Waals surface area contributed by atoms with E-state index in [2.05, 4.69) is 5.10 Å². The second kappa shape index (κ2) is 6.60. The molecular weight excluding hydrogens is 301 g/mol. The summed E-state index contributed by atoms with van der Waals surface area (Å²) in [4.78, 5) is 24.7. The van der Waals surface area contributed by atoms with Gasteiger partial charge in [-0.3, -0.25) is 9.59 Å². The Bertz CT molecular complexity index is 723. The number of carbonyl (C=O) groups is 2. The number of hydrogen-bond acceptors (Lipinski definition) is 3. The molecule has 0 bridgehead atoms. The average molecular weight is 319 g/mol. The summed E-state index contributed by atoms with van der Waals surface area (Å²) < 4.78 is 14.5. The van der Waals surface area contributed by atoms with Crippen LogP contribution in [-0.4, -0.2) is 44.3 Å². The van der Waals surface area contributed by atoms with Crippen LogP contribution >= 0.6 is 0 Å². The smallest absolute Gasteiger partial charge is 0.323 e. The molecule has 0 radical (unpaired) electrons. The summed E-state index contributed by atoms with van der Waals surface area (Å²) >= 11 is 0. The van der Waals surface area contributed by atoms with Gasteiger partial charge >= 0.3 is 5.97 Å². The number of hydrogen-bond donors (Lipinski definition) is 1. The Morgan fingerprint density at radius 1 is 1.30 bits per heavy atom. The lowest BCUT2D eigenvalue weighted by atomic mass is 10.2. The van der Waals surface area contributed by atoms with Gasteiger partial charge in [0.05, 0.1) is 5.69 Å². The fourth-order valence-corrected chi connectivity index (χ4v) is 2.17. The van der Waals surface area contributed by atoms with E-state index in [4.69, 9.17) is 5.11 Å². The molecule has 1 heterocycles. The van der Waals surface area contributed by atoms with Gasteiger partial charge in [-0.05, 0) is 45.0 Å². The number of benzene rings is 1. The summed E-state index contributed by atoms with van der Waals surface area (Å²) in [6, 6.07) is 5.44. The number of rotatable bonds is 5. The van der Waals surface area contributed by atoms with Crippen molar-refractivity contribution in [3.63, 3.8) is 0 Å². The number of nitrogens with zero attached hydrogens (tertiary/aromatic N) is 3. The van der Waals surface area contributed by atoms with Gasteiger partial charge in [0.2, 0.25) is 0 Å². The number of carboxylic acids is 1. The maximum absolute atomic E-state index is 13.0. The average Bonchev–Trinajstić information content (AvgIpc) is 2.86. The van der Waals surface area contributed by atoms with Crippen LogP contribution in [0.15, 0.2) is 30.5 Å². The molecular formula is C16H18FN3O3. The Morgan fingerprint density at radius 3 is 2.43 bits per heavy atom. The minimum Gasteiger partial charge on any atom is -0.480 e. The first-order valence-corrected chi connectivity index (χ1v) is 7.14. The van der Waals surface area contributed by atoms with Crippen molar-refractivity contribution < 1.29 is 19.1 Å². The normalized spacial score (nSPS) is 10.8. The lowest BCUT2D eigenvalue weighted by molar-refractivity contribution is -0.138. The predicted molar refractivity (Wildman–Crippen MR) is 82.1 cm³/mol. The molecule has 2 aromatic rings. The molecule has 0 atom stereocenters. The summed E-state index contributed by atoms with van der Waals surface area (Å²) in [5, 5.41) is 13.2. The van der Waals surface area contributed by atoms with Crippen LogP contribution in [0.1, 0.15) is 29.9 Å². The standard InChI is InChI=1S/C16H18FN3O3/c1-10(2)19(9-14(21)22)16(23)15-11(3)8-20(18-15)13-6-4-12(17)5-7-13/h4-8,10H,9H2,1-3H3,(H,21,22). The fraction of sp³-hybridized carbons (Fsp3) is 0.312. The summed E-state index contributed by atoms with van der Waals surface area (Å²) in [5.41, 5.74) is 1.42. The summed E-state index contributed by atoms with van der Waals surface area (Å²) in [5.74, 6) is -1.88. The van der Waals surface area contributed by atoms with Crippen molar-refractivity contribution >= 4 is 11.9 Å². The van der Waals surface area contributed by atoms with Crippen molar-refractivity contribution in [3.05, 3.63) is 47.5 Å². The van der Waals surface area contributed by atoms with Gasteiger partial charge in [-0.15, -0.1) is 0 Å². The first kappa shape index (κ1) is 16.7. The Balaban J connectivity index is 2.34. The first-order valence-electron chi connectivity index (χ1n) is 7.14. The molecule has 1 aromatic carbocycles. The quantitative estimate of drug-likeness (QED) is 0.917. The van der Waals surface area contributed by atoms with Crippen LogP contribution in [0.25, 0.3) is 5.69 Å². The van der Waals surface area contributed by atoms with E-state index in [1.165, 1.54) is 21.7 Å². The minimum absolute atomic E-state index is 0.185. The van der Waals surface area contributed by atoms with Gasteiger partial charge in [0, 0.05) is 17.8 Å². The number of carboxylic acid groups (broad SMARTS) is 1. The van der Waals surface area contributed by atoms with Crippen molar-refractivity contribution in [2.24, 2.45) is 0 Å². The summed E-state index contributed by atoms with van der Waals surface area (Å²) in [6.07, 6.45) is 1.65. The highest BCUT2D eigenvalue weighted by molar-refractivity contribution is 5.95. The van der Waals surface area contributed by atoms with Crippen LogP contribution in [0, 0.1) is 12.7 Å². The maximum atomic E-state index is 13.0. The summed E-state index contributed by atoms with van der Waals surface area (Å²) in [7, 11) is 0. The number of aryl methyl sites for hydroxylation is 1. The molecule has 0 spiro atoms. The van der Waals surface area contributed by atoms with Gasteiger partial charge in [-0.1, -0.05) is 0 Å². The lowest BCUT2D eigenvalue weighted by Gasteiger charge is -2.24. The summed E-state index contributed by atoms with van der Waals surface area (Å²) in [6.45, 7) is 4.82. The van der Waals surface area contributed by atoms with E-state index in [1.807, 2.05) is 0 Å². The fourth-order valence-electron chi connectivity index (χ4n) is 2.17. The van der Waals surface area contributed by atoms with Gasteiger partial charge in [-0.25, -0.2) is 9.07 Å². The first-order chi connectivity index (χ1) is 10.8. The van der Waals surface area contributed by atoms with Gasteiger partial charge < -0.3 is 10.0 Å². The molecule has 0 unspecified atom stereocenters. The highest BCUT2D eigenvalue weighted by Crippen LogP contribution is 2.15. The van der Waals surface area contributed by atoms with Crippen molar-refractivity contribution in [2.45, 2.75) is 26.8 Å². The molecule has 0 saturated carbocycles. The zero-order chi connectivity index (χ0) is 17.1. The largest absolute Gasteiger partial charge is 0.480 e. The molecule has 2 rings (SSSR count). The number of halogens is 1. The zero-order valence-electron chi connectivity index (χ0n) is 13.2. The molecule has 0 aliphatic rings. The van der Waals surface area contributed by atoms with E-state index in [9.17, 15) is 14.0 Å². The predicted octanol–water partition coefficient (Wildman–Crippen LogP) is 2.26. The molecule has 7 heteroatoms. The number of carbonyl (C=O) groups excluding carboxylic acids is 1. The van der Waals surface area contributed by atoms with Crippen LogP contribution < -0.4 is 0 Å². The van der Waals surface area contributed by atoms with Crippen molar-refractivity contribution in [1.29, 1.82) is 0 Å². The van der Waals surface area contributed by atoms with Crippen molar-refractivity contribution in [1.82, 2.24) is 14.7 Å². The highest BCUT2D eigenvalue weighted by Gasteiger charge is 2.25. The Kier molecular flexibility index (Phi) is 4.78. The molecule has 0 aliphatic heterocycles.